The number of hydrogen-bond acceptors (Lipinski definition) is 23. The first-order chi connectivity index (χ1) is 60.3. The minimum atomic E-state index is 0.903. The molecule has 29 heteroatoms. The first kappa shape index (κ1) is 148. The van der Waals surface area contributed by atoms with Crippen molar-refractivity contribution in [2.75, 3.05) is 0 Å². The molecule has 0 amide bonds. The van der Waals surface area contributed by atoms with Gasteiger partial charge in [0.25, 0.3) is 0 Å². The normalized spacial score (nSPS) is 8.00. The number of aromatic amines is 6. The molecule has 0 saturated heterocycles. The van der Waals surface area contributed by atoms with Crippen molar-refractivity contribution in [2.24, 2.45) is 0 Å². The van der Waals surface area contributed by atoms with Crippen molar-refractivity contribution in [1.29, 1.82) is 0 Å². The largest absolute Gasteiger partial charge is 0.449 e. The van der Waals surface area contributed by atoms with Gasteiger partial charge >= 0.3 is 0 Å². The Labute approximate surface area is 786 Å². The number of imidazole rings is 2. The molecule has 0 radical (unpaired) electrons. The summed E-state index contributed by atoms with van der Waals surface area (Å²) in [4.78, 5) is 33.6. The number of thiazole rings is 2. The Hall–Kier alpha value is -9.45. The summed E-state index contributed by atoms with van der Waals surface area (Å²) in [6.07, 6.45) is 17.0. The van der Waals surface area contributed by atoms with Gasteiger partial charge in [-0.1, -0.05) is 204 Å². The summed E-state index contributed by atoms with van der Waals surface area (Å²) >= 11 is 6.46. The highest BCUT2D eigenvalue weighted by atomic mass is 32.1. The summed E-state index contributed by atoms with van der Waals surface area (Å²) in [6.45, 7) is 112. The minimum absolute atomic E-state index is 0.903. The van der Waals surface area contributed by atoms with Gasteiger partial charge in [-0.25, -0.2) is 34.3 Å². The summed E-state index contributed by atoms with van der Waals surface area (Å²) in [6, 6.07) is 0. The molecule has 6 N–H and O–H groups in total. The van der Waals surface area contributed by atoms with E-state index in [1.807, 2.05) is 389 Å². The first-order valence-electron chi connectivity index (χ1n) is 44.9. The molecule has 0 bridgehead atoms. The predicted octanol–water partition coefficient (Wildman–Crippen LogP) is 32.1. The number of rotatable bonds is 0. The molecule has 126 heavy (non-hydrogen) atoms. The summed E-state index contributed by atoms with van der Waals surface area (Å²) in [5, 5.41) is 39.1. The van der Waals surface area contributed by atoms with Crippen LogP contribution in [0.25, 0.3) is 0 Å². The summed E-state index contributed by atoms with van der Waals surface area (Å²) in [5.41, 5.74) is 28.5. The number of aromatic nitrogens is 21. The summed E-state index contributed by atoms with van der Waals surface area (Å²) in [7, 11) is 0. The Balaban J connectivity index is -0.0000000874. The number of aryl methyl sites for hydroxylation is 28. The Morgan fingerprint density at radius 1 is 0.286 bits per heavy atom. The van der Waals surface area contributed by atoms with Gasteiger partial charge in [-0.15, -0.1) is 22.7 Å². The van der Waals surface area contributed by atoms with Gasteiger partial charge in [0.2, 0.25) is 0 Å². The third-order valence-corrected chi connectivity index (χ3v) is 17.6. The van der Waals surface area contributed by atoms with Gasteiger partial charge in [-0.2, -0.15) is 35.1 Å². The molecule has 0 unspecified atom stereocenters. The van der Waals surface area contributed by atoms with Crippen LogP contribution >= 0.6 is 45.7 Å². The lowest BCUT2D eigenvalue weighted by Crippen LogP contribution is -1.71. The average Bonchev–Trinajstić information content (AvgIpc) is 2.01. The second kappa shape index (κ2) is 112. The number of hydrogen-bond donors (Lipinski definition) is 6. The van der Waals surface area contributed by atoms with Gasteiger partial charge < -0.3 is 27.8 Å². The van der Waals surface area contributed by atoms with Crippen molar-refractivity contribution in [1.82, 2.24) is 105 Å². The maximum absolute atomic E-state index is 4.85. The van der Waals surface area contributed by atoms with Crippen LogP contribution in [0, 0.1) is 194 Å². The van der Waals surface area contributed by atoms with Crippen LogP contribution < -0.4 is 0 Å². The van der Waals surface area contributed by atoms with E-state index in [4.69, 9.17) is 13.4 Å². The number of oxazole rings is 2. The van der Waals surface area contributed by atoms with Crippen LogP contribution in [0.5, 0.6) is 0 Å². The van der Waals surface area contributed by atoms with E-state index in [9.17, 15) is 0 Å². The Morgan fingerprint density at radius 3 is 0.698 bits per heavy atom. The molecule has 25 nitrogen and oxygen atoms in total. The number of H-pyrrole nitrogens is 6. The Kier molecular flexibility index (Phi) is 131. The van der Waals surface area contributed by atoms with E-state index in [0.717, 1.165) is 114 Å². The van der Waals surface area contributed by atoms with E-state index in [2.05, 4.69) is 149 Å². The zero-order valence-corrected chi connectivity index (χ0v) is 93.7. The fourth-order valence-corrected chi connectivity index (χ4v) is 7.68. The monoisotopic (exact) mass is 1840 g/mol. The highest BCUT2D eigenvalue weighted by Gasteiger charge is 1.97. The molecule has 0 fully saturated rings. The lowest BCUT2D eigenvalue weighted by molar-refractivity contribution is 0.396. The summed E-state index contributed by atoms with van der Waals surface area (Å²) in [5.74, 6) is 2.71. The van der Waals surface area contributed by atoms with E-state index in [1.54, 1.807) is 59.3 Å². The van der Waals surface area contributed by atoms with Crippen molar-refractivity contribution in [2.45, 2.75) is 388 Å². The molecular formula is C97H187N21O4S4. The van der Waals surface area contributed by atoms with Gasteiger partial charge in [0.15, 0.2) is 12.8 Å². The molecule has 14 rings (SSSR count). The van der Waals surface area contributed by atoms with Crippen molar-refractivity contribution in [3.8, 4) is 0 Å². The second-order valence-electron chi connectivity index (χ2n) is 22.0. The zero-order chi connectivity index (χ0) is 102. The molecule has 0 aliphatic heterocycles. The smallest absolute Gasteiger partial charge is 0.181 e. The second-order valence-corrected chi connectivity index (χ2v) is 25.8. The quantitative estimate of drug-likeness (QED) is 0.0821. The molecule has 0 atom stereocenters. The maximum Gasteiger partial charge on any atom is 0.181 e. The third kappa shape index (κ3) is 86.7. The van der Waals surface area contributed by atoms with Gasteiger partial charge in [0.1, 0.15) is 23.5 Å². The fraction of sp³-hybridized carbons (Fsp3) is 0.577. The van der Waals surface area contributed by atoms with E-state index >= 15 is 0 Å². The van der Waals surface area contributed by atoms with Crippen LogP contribution in [-0.2, 0) is 0 Å². The van der Waals surface area contributed by atoms with Crippen LogP contribution in [0.2, 0.25) is 0 Å². The highest BCUT2D eigenvalue weighted by molar-refractivity contribution is 7.10. The SMILES string of the molecule is CC.CC.CC.CC.CC.CC.CC.CC.CC.CC.CC.CC.CC.CC.Cc1cn[nH]c1C.Cc1cn[nH]c1C.Cc1cn[nH]c1C.Cc1cnoc1C.Cc1cnsc1C.Cc1conc1C.Cc1csnc1C.Cc1n[nH]nc1C.Cc1nc[nH]c1C.Cc1nc[nH]c1C.Cc1ncoc1C.Cc1ncoc1C.Cc1ncsc1C.Cc1ncsc1C. The van der Waals surface area contributed by atoms with E-state index in [-0.39, 0.29) is 0 Å². The molecule has 0 saturated carbocycles. The van der Waals surface area contributed by atoms with Crippen molar-refractivity contribution >= 4 is 45.7 Å². The molecule has 0 spiro atoms. The van der Waals surface area contributed by atoms with Crippen LogP contribution in [0.15, 0.2) is 97.0 Å². The van der Waals surface area contributed by atoms with E-state index in [1.165, 1.54) is 66.8 Å². The minimum Gasteiger partial charge on any atom is -0.449 e. The Morgan fingerprint density at radius 2 is 0.627 bits per heavy atom. The lowest BCUT2D eigenvalue weighted by atomic mass is 10.3. The standard InChI is InChI=1S/5C5H8N2.4C5H7NO.4C5H7NS.C4H7N3.14C2H6/c2*1-4-5(2)7-3-6-4;3*1-4-3-6-7-5(4)2;2*1-4-5(2)7-3-6-4;1-4-3-7-6-5(4)2;1-4-3-6-7-5(4)2;2*1-4-5(2)7-3-6-4;1-4-3-7-6-5(4)2;1-4-3-6-7-5(4)2;1-3-4(2)6-7-5-3;14*1-2/h5*3H,1-2H3,(H,6,7);8*3H,1-2H3;1-2H3,(H,5,6,7);14*1-2H3. The van der Waals surface area contributed by atoms with Crippen molar-refractivity contribution < 1.29 is 17.9 Å². The fourth-order valence-electron chi connectivity index (χ4n) is 5.24. The molecular weight excluding hydrogens is 1650 g/mol. The van der Waals surface area contributed by atoms with Crippen molar-refractivity contribution in [3.05, 3.63) is 235 Å². The van der Waals surface area contributed by atoms with Crippen LogP contribution in [0.3, 0.4) is 0 Å². The maximum atomic E-state index is 4.85. The molecule has 728 valence electrons. The Bertz CT molecular complexity index is 3000. The summed E-state index contributed by atoms with van der Waals surface area (Å²) < 4.78 is 27.0. The van der Waals surface area contributed by atoms with E-state index in [0.29, 0.717) is 0 Å². The van der Waals surface area contributed by atoms with Gasteiger partial charge in [-0.3, -0.25) is 15.3 Å². The van der Waals surface area contributed by atoms with Gasteiger partial charge in [-0.05, 0) is 245 Å². The van der Waals surface area contributed by atoms with Crippen LogP contribution in [0.4, 0.5) is 0 Å². The van der Waals surface area contributed by atoms with Gasteiger partial charge in [0.05, 0.1) is 105 Å². The van der Waals surface area contributed by atoms with E-state index < -0.39 is 0 Å². The molecule has 0 aromatic carbocycles. The molecule has 14 aromatic heterocycles. The predicted molar refractivity (Wildman–Crippen MR) is 555 cm³/mol. The topological polar surface area (TPSA) is 341 Å². The molecule has 0 aliphatic carbocycles. The molecule has 14 heterocycles. The van der Waals surface area contributed by atoms with Gasteiger partial charge in [0, 0.05) is 65.8 Å². The lowest BCUT2D eigenvalue weighted by Gasteiger charge is -1.79. The molecule has 14 aromatic rings. The van der Waals surface area contributed by atoms with Crippen LogP contribution in [0.1, 0.15) is 350 Å². The highest BCUT2D eigenvalue weighted by Crippen LogP contribution is 2.11. The van der Waals surface area contributed by atoms with Crippen molar-refractivity contribution in [3.63, 3.8) is 0 Å². The molecule has 0 aliphatic rings. The average molecular weight is 1840 g/mol. The third-order valence-electron chi connectivity index (χ3n) is 14.3. The number of nitrogens with one attached hydrogen (secondary N) is 6. The number of nitrogens with zero attached hydrogens (tertiary/aromatic N) is 15. The zero-order valence-electron chi connectivity index (χ0n) is 90.5. The van der Waals surface area contributed by atoms with Crippen LogP contribution in [-0.4, -0.2) is 105 Å². The first-order valence-corrected chi connectivity index (χ1v) is 48.3.